The Morgan fingerprint density at radius 1 is 0.703 bits per heavy atom. The number of para-hydroxylation sites is 4. The van der Waals surface area contributed by atoms with E-state index in [1.165, 1.54) is 43.0 Å². The van der Waals surface area contributed by atoms with E-state index in [0.717, 1.165) is 27.6 Å². The predicted molar refractivity (Wildman–Crippen MR) is 258 cm³/mol. The van der Waals surface area contributed by atoms with Crippen molar-refractivity contribution in [1.29, 1.82) is 0 Å². The third-order valence-corrected chi connectivity index (χ3v) is 18.7. The van der Waals surface area contributed by atoms with Crippen LogP contribution in [-0.4, -0.2) is 22.2 Å². The Morgan fingerprint density at radius 2 is 1.38 bits per heavy atom. The van der Waals surface area contributed by atoms with Crippen molar-refractivity contribution in [2.45, 2.75) is 56.7 Å². The molecule has 0 unspecified atom stereocenters. The molecule has 0 bridgehead atoms. The molecule has 5 nitrogen and oxygen atoms in total. The van der Waals surface area contributed by atoms with Gasteiger partial charge in [-0.3, -0.25) is 4.57 Å². The zero-order valence-electron chi connectivity index (χ0n) is 45.1. The molecule has 2 aliphatic heterocycles. The van der Waals surface area contributed by atoms with Gasteiger partial charge in [0, 0.05) is 44.3 Å². The first kappa shape index (κ1) is 30.7. The number of fused-ring (bicyclic) bond motifs is 6. The Balaban J connectivity index is 0.00000588. The maximum absolute atomic E-state index is 9.03. The molecule has 7 aromatic carbocycles. The quantitative estimate of drug-likeness (QED) is 0.0906. The van der Waals surface area contributed by atoms with Crippen LogP contribution >= 0.6 is 0 Å². The largest absolute Gasteiger partial charge is 0.510 e. The van der Waals surface area contributed by atoms with E-state index < -0.39 is 68.5 Å². The average molecular weight is 1040 g/mol. The van der Waals surface area contributed by atoms with Crippen molar-refractivity contribution in [3.05, 3.63) is 194 Å². The maximum atomic E-state index is 9.03. The Morgan fingerprint density at radius 3 is 2.12 bits per heavy atom. The van der Waals surface area contributed by atoms with E-state index in [-0.39, 0.29) is 54.4 Å². The minimum absolute atomic E-state index is 0. The molecule has 12 rings (SSSR count). The van der Waals surface area contributed by atoms with Gasteiger partial charge in [-0.1, -0.05) is 171 Å². The smallest absolute Gasteiger partial charge is 0.268 e. The molecule has 3 aromatic heterocycles. The predicted octanol–water partition coefficient (Wildman–Crippen LogP) is 13.1. The zero-order chi connectivity index (χ0) is 50.8. The van der Waals surface area contributed by atoms with E-state index in [9.17, 15) is 0 Å². The van der Waals surface area contributed by atoms with Crippen molar-refractivity contribution in [1.82, 2.24) is 14.1 Å². The summed E-state index contributed by atoms with van der Waals surface area (Å²) in [6, 6.07) is 38.1. The molecule has 0 amide bonds. The summed E-state index contributed by atoms with van der Waals surface area (Å²) in [5.41, 5.74) is 5.23. The molecule has 0 atom stereocenters. The van der Waals surface area contributed by atoms with Crippen LogP contribution in [0.2, 0.25) is 18.1 Å². The number of nitrogens with zero attached hydrogens (tertiary/aromatic N) is 4. The number of rotatable bonds is 7. The molecule has 10 aromatic rings. The fourth-order valence-electron chi connectivity index (χ4n) is 10.2. The summed E-state index contributed by atoms with van der Waals surface area (Å²) in [7, 11) is -1.58. The van der Waals surface area contributed by atoms with Gasteiger partial charge in [0.15, 0.2) is 0 Å². The van der Waals surface area contributed by atoms with E-state index in [2.05, 4.69) is 73.4 Å². The van der Waals surface area contributed by atoms with E-state index >= 15 is 0 Å². The number of hydrogen-bond donors (Lipinski definition) is 0. The van der Waals surface area contributed by atoms with Gasteiger partial charge < -0.3 is 13.9 Å². The van der Waals surface area contributed by atoms with Crippen LogP contribution in [0, 0.1) is 18.5 Å². The first-order valence-corrected chi connectivity index (χ1v) is 24.1. The molecule has 0 radical (unpaired) electrons. The molecular formula is C57H46N4OPtSi-2. The van der Waals surface area contributed by atoms with Crippen LogP contribution < -0.4 is 14.5 Å². The van der Waals surface area contributed by atoms with Crippen LogP contribution in [0.1, 0.15) is 52.4 Å². The Bertz CT molecular complexity index is 3840. The standard InChI is InChI=1S/C57H46N4OSi.Pt/c1-57(2)31-34-63(32-13-14-33-63)54-38-58-55(37-49(54)57)61-50-26-10-9-23-47(50)48-30-29-44(36-53(48)61)62-43-22-15-21-42(35-43)59-39-60(52-28-12-11-27-51(52)59)56-45(40-17-5-3-6-18-40)24-16-25-46(56)41-19-7-4-8-20-41;/h3-12,15-30,37-38H,13-14,31-34H2,1-2H3;/q-2;/i3D,4D,5D,6D,7D,8D,17D,18D,19D,20D;. The summed E-state index contributed by atoms with van der Waals surface area (Å²) in [4.78, 5) is 5.25. The molecule has 316 valence electrons. The van der Waals surface area contributed by atoms with Gasteiger partial charge in [0.1, 0.15) is 5.82 Å². The van der Waals surface area contributed by atoms with E-state index in [1.807, 2.05) is 48.5 Å². The molecule has 0 aliphatic carbocycles. The second kappa shape index (κ2) is 16.0. The van der Waals surface area contributed by atoms with Crippen LogP contribution in [-0.2, 0) is 26.5 Å². The summed E-state index contributed by atoms with van der Waals surface area (Å²) in [6.07, 6.45) is 9.46. The van der Waals surface area contributed by atoms with Crippen LogP contribution in [0.25, 0.3) is 72.3 Å². The molecule has 1 saturated heterocycles. The molecule has 64 heavy (non-hydrogen) atoms. The second-order valence-electron chi connectivity index (χ2n) is 17.4. The second-order valence-corrected chi connectivity index (χ2v) is 22.0. The Kier molecular flexibility index (Phi) is 7.69. The molecule has 1 fully saturated rings. The molecule has 1 spiro atoms. The van der Waals surface area contributed by atoms with Gasteiger partial charge in [-0.15, -0.1) is 29.7 Å². The monoisotopic (exact) mass is 1040 g/mol. The van der Waals surface area contributed by atoms with Crippen molar-refractivity contribution >= 4 is 46.1 Å². The van der Waals surface area contributed by atoms with Crippen molar-refractivity contribution in [2.75, 3.05) is 0 Å². The van der Waals surface area contributed by atoms with Crippen LogP contribution in [0.3, 0.4) is 0 Å². The molecule has 7 heteroatoms. The van der Waals surface area contributed by atoms with E-state index in [1.54, 1.807) is 38.6 Å². The molecule has 0 saturated carbocycles. The third kappa shape index (κ3) is 6.69. The van der Waals surface area contributed by atoms with Gasteiger partial charge in [0.2, 0.25) is 0 Å². The number of hydrogen-bond acceptors (Lipinski definition) is 2. The van der Waals surface area contributed by atoms with Gasteiger partial charge in [0.05, 0.1) is 38.5 Å². The molecule has 2 aliphatic rings. The Labute approximate surface area is 404 Å². The number of aromatic nitrogens is 4. The first-order chi connectivity index (χ1) is 35.1. The van der Waals surface area contributed by atoms with Crippen molar-refractivity contribution in [2.24, 2.45) is 0 Å². The number of pyridine rings is 1. The van der Waals surface area contributed by atoms with Gasteiger partial charge in [-0.05, 0) is 68.0 Å². The maximum Gasteiger partial charge on any atom is 0.268 e. The molecule has 5 heterocycles. The average Bonchev–Trinajstić information content (AvgIpc) is 4.13. The minimum Gasteiger partial charge on any atom is -0.510 e. The van der Waals surface area contributed by atoms with Crippen molar-refractivity contribution in [3.8, 4) is 50.9 Å². The first-order valence-electron chi connectivity index (χ1n) is 26.5. The molecular weight excluding hydrogens is 980 g/mol. The Hall–Kier alpha value is -6.33. The topological polar surface area (TPSA) is 35.9 Å². The minimum atomic E-state index is -1.58. The third-order valence-electron chi connectivity index (χ3n) is 13.3. The fraction of sp³-hybridized carbons (Fsp3) is 0.158. The van der Waals surface area contributed by atoms with Crippen LogP contribution in [0.15, 0.2) is 170 Å². The van der Waals surface area contributed by atoms with E-state index in [4.69, 9.17) is 23.4 Å². The van der Waals surface area contributed by atoms with Crippen LogP contribution in [0.4, 0.5) is 0 Å². The summed E-state index contributed by atoms with van der Waals surface area (Å²) in [5.74, 6) is 1.70. The van der Waals surface area contributed by atoms with Gasteiger partial charge >= 0.3 is 0 Å². The number of imidazole rings is 1. The zero-order valence-corrected chi connectivity index (χ0v) is 38.4. The normalized spacial score (nSPS) is 17.3. The van der Waals surface area contributed by atoms with Crippen molar-refractivity contribution < 1.29 is 44.1 Å². The van der Waals surface area contributed by atoms with E-state index in [0.29, 0.717) is 28.2 Å². The van der Waals surface area contributed by atoms with Crippen molar-refractivity contribution in [3.63, 3.8) is 0 Å². The summed E-state index contributed by atoms with van der Waals surface area (Å²) in [6.45, 7) is 4.75. The van der Waals surface area contributed by atoms with Gasteiger partial charge in [-0.25, -0.2) is 4.98 Å². The summed E-state index contributed by atoms with van der Waals surface area (Å²) < 4.78 is 99.3. The molecule has 0 N–H and O–H groups in total. The SMILES string of the molecule is [2H]c1c([2H])c([2H])c(-c2cccc(-c3c([2H])c([2H])c([2H])c([2H])c3[2H])c2-[n+]2[c-]n(-c3[c-]c(Oc4[c-]c5c(cc4)c4ccccc4n5-c4cc5c(cn4)[Si]4(CCCC4)CCC5(C)C)ccc3)c3ccccc32)c([2H])c1[2H].[Pt]. The number of ether oxygens (including phenoxy) is 1. The summed E-state index contributed by atoms with van der Waals surface area (Å²) >= 11 is 0. The van der Waals surface area contributed by atoms with Gasteiger partial charge in [-0.2, -0.15) is 18.2 Å². The number of benzene rings is 7. The van der Waals surface area contributed by atoms with Crippen LogP contribution in [0.5, 0.6) is 11.5 Å². The summed E-state index contributed by atoms with van der Waals surface area (Å²) in [5, 5.41) is 3.64. The van der Waals surface area contributed by atoms with Gasteiger partial charge in [0.25, 0.3) is 6.33 Å². The fourth-order valence-corrected chi connectivity index (χ4v) is 16.1.